The number of halogens is 8. The third-order valence-corrected chi connectivity index (χ3v) is 5.65. The molecule has 2 aromatic heterocycles. The number of nitrogens with one attached hydrogen (secondary N) is 2. The Balaban J connectivity index is 0.000000332. The lowest BCUT2D eigenvalue weighted by Crippen LogP contribution is -2.04. The van der Waals surface area contributed by atoms with Gasteiger partial charge in [-0.2, -0.15) is 0 Å². The number of aromatic nitrogens is 2. The quantitative estimate of drug-likeness (QED) is 0.117. The molecule has 0 aliphatic rings. The Morgan fingerprint density at radius 2 is 0.718 bits per heavy atom. The van der Waals surface area contributed by atoms with Crippen molar-refractivity contribution >= 4 is 57.9 Å². The molecule has 0 atom stereocenters. The van der Waals surface area contributed by atoms with E-state index < -0.39 is 14.5 Å². The van der Waals surface area contributed by atoms with E-state index in [1.54, 1.807) is 0 Å². The molecule has 39 heavy (non-hydrogen) atoms. The summed E-state index contributed by atoms with van der Waals surface area (Å²) in [5.74, 6) is 0. The van der Waals surface area contributed by atoms with E-state index in [1.807, 2.05) is 12.4 Å². The molecular formula is C26H20B2F8N2O. The van der Waals surface area contributed by atoms with Crippen molar-refractivity contribution in [1.82, 2.24) is 0 Å². The van der Waals surface area contributed by atoms with Gasteiger partial charge < -0.3 is 40.0 Å². The van der Waals surface area contributed by atoms with Gasteiger partial charge in [-0.1, -0.05) is 48.5 Å². The number of aromatic amines is 2. The molecule has 3 nitrogen and oxygen atoms in total. The fourth-order valence-corrected chi connectivity index (χ4v) is 4.39. The summed E-state index contributed by atoms with van der Waals surface area (Å²) in [6.45, 7) is 0. The molecule has 0 saturated heterocycles. The Morgan fingerprint density at radius 1 is 0.410 bits per heavy atom. The normalized spacial score (nSPS) is 11.4. The summed E-state index contributed by atoms with van der Waals surface area (Å²) >= 11 is 0. The number of hydrogen-bond acceptors (Lipinski definition) is 0. The van der Waals surface area contributed by atoms with E-state index in [-0.39, 0.29) is 5.48 Å². The van der Waals surface area contributed by atoms with Crippen LogP contribution in [0.1, 0.15) is 0 Å². The summed E-state index contributed by atoms with van der Waals surface area (Å²) < 4.78 is 78.0. The van der Waals surface area contributed by atoms with Gasteiger partial charge in [0.2, 0.25) is 11.0 Å². The van der Waals surface area contributed by atoms with Crippen LogP contribution in [0.15, 0.2) is 97.3 Å². The molecule has 0 saturated carbocycles. The summed E-state index contributed by atoms with van der Waals surface area (Å²) in [5, 5.41) is 7.46. The average Bonchev–Trinajstić information content (AvgIpc) is 2.86. The Labute approximate surface area is 216 Å². The number of H-pyrrole nitrogens is 2. The highest BCUT2D eigenvalue weighted by molar-refractivity contribution is 6.50. The van der Waals surface area contributed by atoms with E-state index in [0.717, 1.165) is 0 Å². The molecule has 0 spiro atoms. The Bertz CT molecular complexity index is 1600. The van der Waals surface area contributed by atoms with Crippen molar-refractivity contribution in [2.45, 2.75) is 0 Å². The van der Waals surface area contributed by atoms with Gasteiger partial charge in [-0.3, -0.25) is 0 Å². The smallest absolute Gasteiger partial charge is 0.418 e. The molecule has 202 valence electrons. The van der Waals surface area contributed by atoms with Crippen LogP contribution >= 0.6 is 0 Å². The SMILES string of the molecule is F[B-](F)(F)F.F[B-](F)(F)F.O.c1c[nH+]c2c(c1)ccc1cccc(-c3cccc4ccc5ccc[nH+]c5c34)c12. The number of pyridine rings is 2. The molecule has 2 heterocycles. The molecule has 0 unspecified atom stereocenters. The Hall–Kier alpha value is -4.25. The summed E-state index contributed by atoms with van der Waals surface area (Å²) in [7, 11) is -12.0. The van der Waals surface area contributed by atoms with Crippen LogP contribution in [0.4, 0.5) is 34.5 Å². The second-order valence-electron chi connectivity index (χ2n) is 8.20. The standard InChI is InChI=1S/C26H16N2.2BF4.H2O/c1-5-17-11-13-19-7-3-15-27-25(19)23(17)21(9-1)22-10-2-6-18-12-14-20-8-4-16-28-26(20)24(18)22;2*2-1(3,4)5;/h1-16H;;;1H2/q;2*-1;/p+2. The molecule has 4 aromatic carbocycles. The molecular weight excluding hydrogens is 530 g/mol. The molecule has 4 N–H and O–H groups in total. The highest BCUT2D eigenvalue weighted by Gasteiger charge is 2.21. The summed E-state index contributed by atoms with van der Waals surface area (Å²) in [6.07, 6.45) is 4.01. The largest absolute Gasteiger partial charge is 0.673 e. The van der Waals surface area contributed by atoms with Crippen molar-refractivity contribution in [1.29, 1.82) is 0 Å². The second-order valence-corrected chi connectivity index (χ2v) is 8.20. The minimum Gasteiger partial charge on any atom is -0.418 e. The molecule has 0 amide bonds. The summed E-state index contributed by atoms with van der Waals surface area (Å²) in [4.78, 5) is 6.96. The molecule has 0 aliphatic heterocycles. The van der Waals surface area contributed by atoms with Crippen LogP contribution in [0.2, 0.25) is 0 Å². The van der Waals surface area contributed by atoms with Gasteiger partial charge in [-0.25, -0.2) is 9.97 Å². The number of benzene rings is 4. The van der Waals surface area contributed by atoms with Crippen molar-refractivity contribution in [3.8, 4) is 11.1 Å². The van der Waals surface area contributed by atoms with Gasteiger partial charge in [0.15, 0.2) is 12.4 Å². The minimum absolute atomic E-state index is 0. The molecule has 0 bridgehead atoms. The predicted octanol–water partition coefficient (Wildman–Crippen LogP) is 7.37. The molecule has 0 fully saturated rings. The van der Waals surface area contributed by atoms with Gasteiger partial charge in [0.25, 0.3) is 0 Å². The van der Waals surface area contributed by atoms with E-state index >= 15 is 0 Å². The van der Waals surface area contributed by atoms with Crippen molar-refractivity contribution in [3.05, 3.63) is 97.3 Å². The summed E-state index contributed by atoms with van der Waals surface area (Å²) in [5.41, 5.74) is 4.86. The van der Waals surface area contributed by atoms with E-state index in [0.29, 0.717) is 0 Å². The Morgan fingerprint density at radius 3 is 1.08 bits per heavy atom. The number of rotatable bonds is 1. The van der Waals surface area contributed by atoms with E-state index in [2.05, 4.69) is 94.9 Å². The topological polar surface area (TPSA) is 59.8 Å². The fraction of sp³-hybridized carbons (Fsp3) is 0. The number of hydrogen-bond donors (Lipinski definition) is 0. The van der Waals surface area contributed by atoms with Gasteiger partial charge in [0.05, 0.1) is 10.8 Å². The first-order chi connectivity index (χ1) is 17.9. The van der Waals surface area contributed by atoms with Crippen molar-refractivity contribution in [3.63, 3.8) is 0 Å². The average molecular weight is 550 g/mol. The zero-order valence-corrected chi connectivity index (χ0v) is 19.9. The molecule has 6 aromatic rings. The van der Waals surface area contributed by atoms with Gasteiger partial charge in [-0.15, -0.1) is 0 Å². The van der Waals surface area contributed by atoms with Crippen LogP contribution < -0.4 is 9.97 Å². The molecule has 0 aliphatic carbocycles. The van der Waals surface area contributed by atoms with Crippen molar-refractivity contribution in [2.24, 2.45) is 0 Å². The van der Waals surface area contributed by atoms with Gasteiger partial charge in [0, 0.05) is 22.9 Å². The first-order valence-electron chi connectivity index (χ1n) is 11.3. The monoisotopic (exact) mass is 550 g/mol. The molecule has 6 rings (SSSR count). The lowest BCUT2D eigenvalue weighted by Gasteiger charge is -2.10. The highest BCUT2D eigenvalue weighted by atomic mass is 19.5. The Kier molecular flexibility index (Phi) is 8.75. The van der Waals surface area contributed by atoms with Gasteiger partial charge in [-0.05, 0) is 46.2 Å². The lowest BCUT2D eigenvalue weighted by molar-refractivity contribution is -0.343. The highest BCUT2D eigenvalue weighted by Crippen LogP contribution is 2.38. The summed E-state index contributed by atoms with van der Waals surface area (Å²) in [6, 6.07) is 30.4. The zero-order chi connectivity index (χ0) is 27.5. The van der Waals surface area contributed by atoms with Crippen LogP contribution in [0.5, 0.6) is 0 Å². The van der Waals surface area contributed by atoms with Crippen LogP contribution in [-0.2, 0) is 0 Å². The van der Waals surface area contributed by atoms with Crippen LogP contribution in [0, 0.1) is 0 Å². The molecule has 13 heteroatoms. The van der Waals surface area contributed by atoms with Crippen molar-refractivity contribution in [2.75, 3.05) is 0 Å². The molecule has 0 radical (unpaired) electrons. The van der Waals surface area contributed by atoms with Gasteiger partial charge >= 0.3 is 14.5 Å². The van der Waals surface area contributed by atoms with Crippen LogP contribution in [0.3, 0.4) is 0 Å². The second kappa shape index (κ2) is 11.6. The third kappa shape index (κ3) is 7.41. The first kappa shape index (κ1) is 29.3. The predicted molar refractivity (Wildman–Crippen MR) is 139 cm³/mol. The third-order valence-electron chi connectivity index (χ3n) is 5.65. The van der Waals surface area contributed by atoms with Crippen molar-refractivity contribution < 1.29 is 50.0 Å². The van der Waals surface area contributed by atoms with Crippen LogP contribution in [-0.4, -0.2) is 20.0 Å². The minimum atomic E-state index is -6.00. The lowest BCUT2D eigenvalue weighted by atomic mass is 9.91. The fourth-order valence-electron chi connectivity index (χ4n) is 4.39. The first-order valence-corrected chi connectivity index (χ1v) is 11.3. The van der Waals surface area contributed by atoms with Crippen LogP contribution in [0.25, 0.3) is 54.5 Å². The number of fused-ring (bicyclic) bond motifs is 6. The van der Waals surface area contributed by atoms with Gasteiger partial charge in [0.1, 0.15) is 0 Å². The maximum Gasteiger partial charge on any atom is 0.673 e. The maximum atomic E-state index is 9.75. The van der Waals surface area contributed by atoms with E-state index in [1.165, 1.54) is 54.5 Å². The maximum absolute atomic E-state index is 9.75. The van der Waals surface area contributed by atoms with E-state index in [9.17, 15) is 34.5 Å². The van der Waals surface area contributed by atoms with E-state index in [4.69, 9.17) is 0 Å². The zero-order valence-electron chi connectivity index (χ0n) is 19.9.